The van der Waals surface area contributed by atoms with Gasteiger partial charge in [-0.05, 0) is 30.5 Å². The summed E-state index contributed by atoms with van der Waals surface area (Å²) in [6.07, 6.45) is 7.16. The smallest absolute Gasteiger partial charge is 0.223 e. The van der Waals surface area contributed by atoms with Gasteiger partial charge in [0.15, 0.2) is 0 Å². The molecule has 1 aliphatic carbocycles. The summed E-state index contributed by atoms with van der Waals surface area (Å²) in [4.78, 5) is 15.6. The fraction of sp³-hybridized carbons (Fsp3) is 0.538. The Balaban J connectivity index is 1.78. The minimum absolute atomic E-state index is 0.0776. The highest BCUT2D eigenvalue weighted by atomic mass is 16.3. The molecule has 0 aliphatic heterocycles. The predicted octanol–water partition coefficient (Wildman–Crippen LogP) is 1.39. The molecule has 4 heteroatoms. The standard InChI is InChI=1S/C13H18N2O2/c16-12(9-13(17)5-1-2-6-13)15-10-11-3-7-14-8-4-11/h3-4,7-8,17H,1-2,5-6,9-10H2,(H,15,16). The molecular formula is C13H18N2O2. The first kappa shape index (κ1) is 12.0. The fourth-order valence-electron chi connectivity index (χ4n) is 2.27. The molecule has 0 radical (unpaired) electrons. The van der Waals surface area contributed by atoms with Crippen molar-refractivity contribution >= 4 is 5.91 Å². The third-order valence-corrected chi connectivity index (χ3v) is 3.26. The van der Waals surface area contributed by atoms with Crippen LogP contribution in [0, 0.1) is 0 Å². The van der Waals surface area contributed by atoms with Gasteiger partial charge in [0.05, 0.1) is 12.0 Å². The molecule has 2 rings (SSSR count). The van der Waals surface area contributed by atoms with E-state index in [2.05, 4.69) is 10.3 Å². The van der Waals surface area contributed by atoms with Crippen molar-refractivity contribution in [3.63, 3.8) is 0 Å². The van der Waals surface area contributed by atoms with Gasteiger partial charge in [0.2, 0.25) is 5.91 Å². The van der Waals surface area contributed by atoms with Gasteiger partial charge >= 0.3 is 0 Å². The fourth-order valence-corrected chi connectivity index (χ4v) is 2.27. The Morgan fingerprint density at radius 1 is 1.35 bits per heavy atom. The molecule has 1 aromatic rings. The van der Waals surface area contributed by atoms with Crippen LogP contribution < -0.4 is 5.32 Å². The van der Waals surface area contributed by atoms with Crippen molar-refractivity contribution in [2.45, 2.75) is 44.2 Å². The van der Waals surface area contributed by atoms with Crippen molar-refractivity contribution < 1.29 is 9.90 Å². The molecule has 92 valence electrons. The first-order chi connectivity index (χ1) is 8.18. The number of pyridine rings is 1. The Bertz CT molecular complexity index is 372. The topological polar surface area (TPSA) is 62.2 Å². The van der Waals surface area contributed by atoms with Crippen LogP contribution in [0.5, 0.6) is 0 Å². The number of aliphatic hydroxyl groups is 1. The summed E-state index contributed by atoms with van der Waals surface area (Å²) in [6.45, 7) is 0.497. The predicted molar refractivity (Wildman–Crippen MR) is 64.1 cm³/mol. The molecule has 1 aromatic heterocycles. The van der Waals surface area contributed by atoms with Crippen molar-refractivity contribution in [1.29, 1.82) is 0 Å². The average Bonchev–Trinajstić information content (AvgIpc) is 2.74. The maximum atomic E-state index is 11.7. The quantitative estimate of drug-likeness (QED) is 0.827. The van der Waals surface area contributed by atoms with Crippen molar-refractivity contribution in [3.05, 3.63) is 30.1 Å². The lowest BCUT2D eigenvalue weighted by Gasteiger charge is -2.21. The lowest BCUT2D eigenvalue weighted by atomic mass is 9.98. The number of hydrogen-bond acceptors (Lipinski definition) is 3. The monoisotopic (exact) mass is 234 g/mol. The summed E-state index contributed by atoms with van der Waals surface area (Å²) in [6, 6.07) is 3.73. The van der Waals surface area contributed by atoms with Gasteiger partial charge in [-0.25, -0.2) is 0 Å². The van der Waals surface area contributed by atoms with E-state index < -0.39 is 5.60 Å². The summed E-state index contributed by atoms with van der Waals surface area (Å²) >= 11 is 0. The Morgan fingerprint density at radius 3 is 2.65 bits per heavy atom. The number of carbonyl (C=O) groups excluding carboxylic acids is 1. The van der Waals surface area contributed by atoms with E-state index in [0.29, 0.717) is 6.54 Å². The van der Waals surface area contributed by atoms with Crippen LogP contribution in [0.3, 0.4) is 0 Å². The van der Waals surface area contributed by atoms with E-state index >= 15 is 0 Å². The largest absolute Gasteiger partial charge is 0.389 e. The second-order valence-electron chi connectivity index (χ2n) is 4.74. The van der Waals surface area contributed by atoms with E-state index in [1.807, 2.05) is 12.1 Å². The third kappa shape index (κ3) is 3.53. The van der Waals surface area contributed by atoms with Crippen LogP contribution in [0.15, 0.2) is 24.5 Å². The van der Waals surface area contributed by atoms with Gasteiger partial charge in [0, 0.05) is 18.9 Å². The zero-order chi connectivity index (χ0) is 12.1. The molecule has 1 amide bonds. The molecule has 0 saturated heterocycles. The Morgan fingerprint density at radius 2 is 2.00 bits per heavy atom. The summed E-state index contributed by atoms with van der Waals surface area (Å²) in [5, 5.41) is 12.9. The lowest BCUT2D eigenvalue weighted by Crippen LogP contribution is -2.34. The van der Waals surface area contributed by atoms with Crippen LogP contribution in [-0.2, 0) is 11.3 Å². The Kier molecular flexibility index (Phi) is 3.74. The zero-order valence-electron chi connectivity index (χ0n) is 9.85. The van der Waals surface area contributed by atoms with Gasteiger partial charge in [-0.2, -0.15) is 0 Å². The van der Waals surface area contributed by atoms with E-state index in [1.165, 1.54) is 0 Å². The molecular weight excluding hydrogens is 216 g/mol. The number of nitrogens with one attached hydrogen (secondary N) is 1. The summed E-state index contributed by atoms with van der Waals surface area (Å²) in [5.41, 5.74) is 0.259. The molecule has 1 saturated carbocycles. The van der Waals surface area contributed by atoms with Gasteiger partial charge in [0.25, 0.3) is 0 Å². The van der Waals surface area contributed by atoms with Crippen LogP contribution in [0.1, 0.15) is 37.7 Å². The number of hydrogen-bond donors (Lipinski definition) is 2. The van der Waals surface area contributed by atoms with E-state index in [1.54, 1.807) is 12.4 Å². The molecule has 1 aliphatic rings. The van der Waals surface area contributed by atoms with Crippen molar-refractivity contribution in [3.8, 4) is 0 Å². The van der Waals surface area contributed by atoms with Crippen LogP contribution in [0.4, 0.5) is 0 Å². The second-order valence-corrected chi connectivity index (χ2v) is 4.74. The van der Waals surface area contributed by atoms with Crippen LogP contribution >= 0.6 is 0 Å². The van der Waals surface area contributed by atoms with Gasteiger partial charge in [-0.3, -0.25) is 9.78 Å². The van der Waals surface area contributed by atoms with Gasteiger partial charge in [-0.1, -0.05) is 12.8 Å². The lowest BCUT2D eigenvalue weighted by molar-refractivity contribution is -0.126. The van der Waals surface area contributed by atoms with Crippen molar-refractivity contribution in [2.75, 3.05) is 0 Å². The van der Waals surface area contributed by atoms with Crippen LogP contribution in [0.25, 0.3) is 0 Å². The van der Waals surface area contributed by atoms with E-state index in [4.69, 9.17) is 0 Å². The minimum atomic E-state index is -0.762. The maximum Gasteiger partial charge on any atom is 0.223 e. The van der Waals surface area contributed by atoms with Crippen molar-refractivity contribution in [1.82, 2.24) is 10.3 Å². The zero-order valence-corrected chi connectivity index (χ0v) is 9.85. The number of amides is 1. The average molecular weight is 234 g/mol. The molecule has 2 N–H and O–H groups in total. The first-order valence-electron chi connectivity index (χ1n) is 6.06. The summed E-state index contributed by atoms with van der Waals surface area (Å²) < 4.78 is 0. The summed E-state index contributed by atoms with van der Waals surface area (Å²) in [7, 11) is 0. The third-order valence-electron chi connectivity index (χ3n) is 3.26. The molecule has 1 heterocycles. The van der Waals surface area contributed by atoms with Crippen LogP contribution in [0.2, 0.25) is 0 Å². The SMILES string of the molecule is O=C(CC1(O)CCCC1)NCc1ccncc1. The molecule has 17 heavy (non-hydrogen) atoms. The molecule has 4 nitrogen and oxygen atoms in total. The van der Waals surface area contributed by atoms with E-state index in [-0.39, 0.29) is 12.3 Å². The number of aromatic nitrogens is 1. The van der Waals surface area contributed by atoms with E-state index in [0.717, 1.165) is 31.2 Å². The number of nitrogens with zero attached hydrogens (tertiary/aromatic N) is 1. The Hall–Kier alpha value is -1.42. The Labute approximate surface area is 101 Å². The van der Waals surface area contributed by atoms with Gasteiger partial charge < -0.3 is 10.4 Å². The first-order valence-corrected chi connectivity index (χ1v) is 6.06. The molecule has 0 unspecified atom stereocenters. The minimum Gasteiger partial charge on any atom is -0.389 e. The highest BCUT2D eigenvalue weighted by Crippen LogP contribution is 2.32. The molecule has 0 aromatic carbocycles. The van der Waals surface area contributed by atoms with Crippen LogP contribution in [-0.4, -0.2) is 21.6 Å². The van der Waals surface area contributed by atoms with Crippen molar-refractivity contribution in [2.24, 2.45) is 0 Å². The van der Waals surface area contributed by atoms with Gasteiger partial charge in [0.1, 0.15) is 0 Å². The molecule has 0 spiro atoms. The van der Waals surface area contributed by atoms with E-state index in [9.17, 15) is 9.90 Å². The normalized spacial score (nSPS) is 17.9. The molecule has 1 fully saturated rings. The highest BCUT2D eigenvalue weighted by Gasteiger charge is 2.33. The maximum absolute atomic E-state index is 11.7. The molecule has 0 bridgehead atoms. The number of carbonyl (C=O) groups is 1. The van der Waals surface area contributed by atoms with Gasteiger partial charge in [-0.15, -0.1) is 0 Å². The summed E-state index contributed by atoms with van der Waals surface area (Å²) in [5.74, 6) is -0.0776. The number of rotatable bonds is 4. The second kappa shape index (κ2) is 5.27. The highest BCUT2D eigenvalue weighted by molar-refractivity contribution is 5.77. The molecule has 0 atom stereocenters.